The summed E-state index contributed by atoms with van der Waals surface area (Å²) in [5.41, 5.74) is 3.67. The number of aromatic amines is 1. The summed E-state index contributed by atoms with van der Waals surface area (Å²) in [4.78, 5) is 8.96. The van der Waals surface area contributed by atoms with Gasteiger partial charge < -0.3 is 4.74 Å². The normalized spacial score (nSPS) is 11.2. The Labute approximate surface area is 124 Å². The Morgan fingerprint density at radius 2 is 2.00 bits per heavy atom. The van der Waals surface area contributed by atoms with Crippen LogP contribution in [0.5, 0.6) is 5.75 Å². The van der Waals surface area contributed by atoms with Crippen LogP contribution in [0.15, 0.2) is 42.7 Å². The van der Waals surface area contributed by atoms with E-state index in [0.29, 0.717) is 11.3 Å². The first-order chi connectivity index (χ1) is 10.7. The first kappa shape index (κ1) is 12.7. The Hall–Kier alpha value is -3.02. The molecule has 1 N–H and O–H groups in total. The molecule has 0 atom stereocenters. The molecule has 4 rings (SSSR count). The smallest absolute Gasteiger partial charge is 0.165 e. The standard InChI is InChI=1S/C16H11FN4O/c1-22-16-3-2-9(4-11(16)17)15-8-18-13-6-12-10(7-19-21-12)5-14(13)20-15/h2-8H,1H3,(H,19,21). The highest BCUT2D eigenvalue weighted by molar-refractivity contribution is 5.92. The minimum Gasteiger partial charge on any atom is -0.494 e. The molecule has 0 saturated carbocycles. The van der Waals surface area contributed by atoms with Crippen LogP contribution in [0, 0.1) is 5.82 Å². The third-order valence-electron chi connectivity index (χ3n) is 3.55. The highest BCUT2D eigenvalue weighted by Gasteiger charge is 2.08. The van der Waals surface area contributed by atoms with E-state index in [0.717, 1.165) is 21.9 Å². The number of fused-ring (bicyclic) bond motifs is 2. The minimum absolute atomic E-state index is 0.206. The molecule has 0 unspecified atom stereocenters. The third kappa shape index (κ3) is 1.96. The molecule has 22 heavy (non-hydrogen) atoms. The van der Waals surface area contributed by atoms with Crippen LogP contribution in [0.4, 0.5) is 4.39 Å². The summed E-state index contributed by atoms with van der Waals surface area (Å²) in [5, 5.41) is 7.85. The van der Waals surface area contributed by atoms with Crippen LogP contribution in [0.25, 0.3) is 33.2 Å². The van der Waals surface area contributed by atoms with Crippen molar-refractivity contribution in [2.75, 3.05) is 7.11 Å². The number of halogens is 1. The molecule has 2 aromatic heterocycles. The molecule has 0 aliphatic rings. The zero-order chi connectivity index (χ0) is 15.1. The number of nitrogens with zero attached hydrogens (tertiary/aromatic N) is 3. The first-order valence-corrected chi connectivity index (χ1v) is 6.68. The average Bonchev–Trinajstić information content (AvgIpc) is 2.99. The number of nitrogens with one attached hydrogen (secondary N) is 1. The Bertz CT molecular complexity index is 996. The highest BCUT2D eigenvalue weighted by Crippen LogP contribution is 2.26. The van der Waals surface area contributed by atoms with Gasteiger partial charge in [0.2, 0.25) is 0 Å². The molecule has 0 spiro atoms. The fourth-order valence-corrected chi connectivity index (χ4v) is 2.42. The first-order valence-electron chi connectivity index (χ1n) is 6.68. The van der Waals surface area contributed by atoms with Crippen LogP contribution in [0.3, 0.4) is 0 Å². The topological polar surface area (TPSA) is 63.7 Å². The largest absolute Gasteiger partial charge is 0.494 e. The van der Waals surface area contributed by atoms with Crippen molar-refractivity contribution in [3.05, 3.63) is 48.5 Å². The van der Waals surface area contributed by atoms with Gasteiger partial charge in [0.25, 0.3) is 0 Å². The summed E-state index contributed by atoms with van der Waals surface area (Å²) in [5.74, 6) is -0.218. The van der Waals surface area contributed by atoms with Crippen molar-refractivity contribution >= 4 is 21.9 Å². The number of aromatic nitrogens is 4. The van der Waals surface area contributed by atoms with E-state index in [-0.39, 0.29) is 5.75 Å². The molecule has 0 amide bonds. The molecule has 5 nitrogen and oxygen atoms in total. The van der Waals surface area contributed by atoms with Crippen molar-refractivity contribution in [1.29, 1.82) is 0 Å². The second-order valence-electron chi connectivity index (χ2n) is 4.90. The minimum atomic E-state index is -0.424. The van der Waals surface area contributed by atoms with Gasteiger partial charge in [-0.25, -0.2) is 9.37 Å². The van der Waals surface area contributed by atoms with Crippen LogP contribution >= 0.6 is 0 Å². The Morgan fingerprint density at radius 3 is 2.82 bits per heavy atom. The number of hydrogen-bond donors (Lipinski definition) is 1. The molecular weight excluding hydrogens is 283 g/mol. The fraction of sp³-hybridized carbons (Fsp3) is 0.0625. The van der Waals surface area contributed by atoms with Gasteiger partial charge in [0.05, 0.1) is 41.7 Å². The lowest BCUT2D eigenvalue weighted by Gasteiger charge is -2.06. The van der Waals surface area contributed by atoms with Gasteiger partial charge in [0.15, 0.2) is 11.6 Å². The van der Waals surface area contributed by atoms with Crippen LogP contribution in [0.1, 0.15) is 0 Å². The van der Waals surface area contributed by atoms with Gasteiger partial charge in [0, 0.05) is 10.9 Å². The molecule has 0 aliphatic carbocycles. The summed E-state index contributed by atoms with van der Waals surface area (Å²) < 4.78 is 18.8. The van der Waals surface area contributed by atoms with Crippen molar-refractivity contribution in [2.45, 2.75) is 0 Å². The SMILES string of the molecule is COc1ccc(-c2cnc3cc4[nH]ncc4cc3n2)cc1F. The zero-order valence-electron chi connectivity index (χ0n) is 11.7. The van der Waals surface area contributed by atoms with Crippen molar-refractivity contribution in [3.63, 3.8) is 0 Å². The van der Waals surface area contributed by atoms with Gasteiger partial charge in [0.1, 0.15) is 0 Å². The van der Waals surface area contributed by atoms with E-state index in [1.807, 2.05) is 12.1 Å². The molecule has 6 heteroatoms. The van der Waals surface area contributed by atoms with Gasteiger partial charge in [-0.15, -0.1) is 0 Å². The third-order valence-corrected chi connectivity index (χ3v) is 3.55. The van der Waals surface area contributed by atoms with Crippen molar-refractivity contribution in [2.24, 2.45) is 0 Å². The molecule has 0 saturated heterocycles. The molecule has 4 aromatic rings. The van der Waals surface area contributed by atoms with Gasteiger partial charge in [-0.1, -0.05) is 0 Å². The van der Waals surface area contributed by atoms with Crippen LogP contribution in [-0.2, 0) is 0 Å². The number of rotatable bonds is 2. The van der Waals surface area contributed by atoms with E-state index in [1.165, 1.54) is 13.2 Å². The van der Waals surface area contributed by atoms with Crippen LogP contribution in [-0.4, -0.2) is 27.3 Å². The van der Waals surface area contributed by atoms with Gasteiger partial charge in [-0.3, -0.25) is 10.1 Å². The number of ether oxygens (including phenoxy) is 1. The van der Waals surface area contributed by atoms with E-state index in [4.69, 9.17) is 4.74 Å². The van der Waals surface area contributed by atoms with E-state index >= 15 is 0 Å². The lowest BCUT2D eigenvalue weighted by molar-refractivity contribution is 0.386. The lowest BCUT2D eigenvalue weighted by atomic mass is 10.1. The van der Waals surface area contributed by atoms with E-state index in [2.05, 4.69) is 20.2 Å². The predicted molar refractivity (Wildman–Crippen MR) is 81.1 cm³/mol. The average molecular weight is 294 g/mol. The molecule has 108 valence electrons. The van der Waals surface area contributed by atoms with Crippen LogP contribution in [0.2, 0.25) is 0 Å². The summed E-state index contributed by atoms with van der Waals surface area (Å²) in [6.07, 6.45) is 3.36. The van der Waals surface area contributed by atoms with Gasteiger partial charge in [-0.05, 0) is 30.3 Å². The number of hydrogen-bond acceptors (Lipinski definition) is 4. The maximum atomic E-state index is 13.8. The maximum Gasteiger partial charge on any atom is 0.165 e. The number of H-pyrrole nitrogens is 1. The second-order valence-corrected chi connectivity index (χ2v) is 4.90. The van der Waals surface area contributed by atoms with Gasteiger partial charge >= 0.3 is 0 Å². The van der Waals surface area contributed by atoms with E-state index in [9.17, 15) is 4.39 Å². The molecule has 0 aliphatic heterocycles. The molecule has 0 radical (unpaired) electrons. The van der Waals surface area contributed by atoms with Crippen molar-refractivity contribution < 1.29 is 9.13 Å². The number of benzene rings is 2. The van der Waals surface area contributed by atoms with Crippen molar-refractivity contribution in [1.82, 2.24) is 20.2 Å². The summed E-state index contributed by atoms with van der Waals surface area (Å²) in [7, 11) is 1.43. The quantitative estimate of drug-likeness (QED) is 0.616. The Balaban J connectivity index is 1.87. The van der Waals surface area contributed by atoms with Crippen LogP contribution < -0.4 is 4.74 Å². The lowest BCUT2D eigenvalue weighted by Crippen LogP contribution is -1.92. The predicted octanol–water partition coefficient (Wildman–Crippen LogP) is 3.32. The molecular formula is C16H11FN4O. The fourth-order valence-electron chi connectivity index (χ4n) is 2.42. The van der Waals surface area contributed by atoms with Crippen molar-refractivity contribution in [3.8, 4) is 17.0 Å². The zero-order valence-corrected chi connectivity index (χ0v) is 11.7. The summed E-state index contributed by atoms with van der Waals surface area (Å²) >= 11 is 0. The Kier molecular flexibility index (Phi) is 2.75. The Morgan fingerprint density at radius 1 is 1.09 bits per heavy atom. The number of methoxy groups -OCH3 is 1. The maximum absolute atomic E-state index is 13.8. The molecule has 2 heterocycles. The van der Waals surface area contributed by atoms with Gasteiger partial charge in [-0.2, -0.15) is 5.10 Å². The summed E-state index contributed by atoms with van der Waals surface area (Å²) in [6, 6.07) is 8.53. The monoisotopic (exact) mass is 294 g/mol. The highest BCUT2D eigenvalue weighted by atomic mass is 19.1. The van der Waals surface area contributed by atoms with E-state index in [1.54, 1.807) is 24.5 Å². The molecule has 0 bridgehead atoms. The molecule has 2 aromatic carbocycles. The second kappa shape index (κ2) is 4.77. The van der Waals surface area contributed by atoms with E-state index < -0.39 is 5.82 Å². The molecule has 0 fully saturated rings. The summed E-state index contributed by atoms with van der Waals surface area (Å²) in [6.45, 7) is 0.